The highest BCUT2D eigenvalue weighted by Crippen LogP contribution is 2.36. The molecule has 1 fully saturated rings. The highest BCUT2D eigenvalue weighted by Gasteiger charge is 2.30. The van der Waals surface area contributed by atoms with E-state index in [2.05, 4.69) is 196 Å². The van der Waals surface area contributed by atoms with Crippen LogP contribution in [0.1, 0.15) is 112 Å². The Hall–Kier alpha value is -5.32. The lowest BCUT2D eigenvalue weighted by molar-refractivity contribution is 0.0341. The molecule has 8 nitrogen and oxygen atoms in total. The average Bonchev–Trinajstić information content (AvgIpc) is 3.72. The van der Waals surface area contributed by atoms with E-state index in [0.29, 0.717) is 6.54 Å². The summed E-state index contributed by atoms with van der Waals surface area (Å²) >= 11 is 0. The van der Waals surface area contributed by atoms with E-state index in [-0.39, 0.29) is 17.0 Å². The molecule has 0 aliphatic carbocycles. The van der Waals surface area contributed by atoms with Crippen LogP contribution in [0.2, 0.25) is 0 Å². The minimum absolute atomic E-state index is 0.0435. The van der Waals surface area contributed by atoms with Gasteiger partial charge in [-0.1, -0.05) is 157 Å². The number of nitrogens with one attached hydrogen (secondary N) is 3. The van der Waals surface area contributed by atoms with Crippen LogP contribution in [-0.2, 0) is 22.1 Å². The molecule has 8 heteroatoms. The van der Waals surface area contributed by atoms with Crippen molar-refractivity contribution in [3.63, 3.8) is 0 Å². The first kappa shape index (κ1) is 42.3. The molecule has 0 aromatic heterocycles. The second-order valence-corrected chi connectivity index (χ2v) is 16.9. The molecule has 4 atom stereocenters. The SMILES string of the molecule is C=C/C=C(\C=C/C)N(c1cccc(C2NNC(c3cccc(C(NN)N(Cc4ccc(C(C)(C)C)cc4)c4ccccc4)c3)O2)c1)C(N)c1ccc(C(C)(C)C)cc1. The van der Waals surface area contributed by atoms with E-state index in [0.717, 1.165) is 39.3 Å². The Morgan fingerprint density at radius 2 is 1.31 bits per heavy atom. The fraction of sp³-hybridized carbons (Fsp3) is 0.280. The Bertz CT molecular complexity index is 2170. The highest BCUT2D eigenvalue weighted by atomic mass is 16.5. The van der Waals surface area contributed by atoms with E-state index in [1.807, 2.05) is 31.2 Å². The van der Waals surface area contributed by atoms with Gasteiger partial charge in [-0.2, -0.15) is 0 Å². The van der Waals surface area contributed by atoms with Crippen LogP contribution < -0.4 is 37.7 Å². The van der Waals surface area contributed by atoms with Crippen LogP contribution in [0.4, 0.5) is 11.4 Å². The van der Waals surface area contributed by atoms with Crippen LogP contribution in [0.25, 0.3) is 0 Å². The molecule has 5 aromatic rings. The third-order valence-electron chi connectivity index (χ3n) is 10.6. The van der Waals surface area contributed by atoms with Gasteiger partial charge in [-0.05, 0) is 99.2 Å². The van der Waals surface area contributed by atoms with Crippen molar-refractivity contribution in [2.75, 3.05) is 9.80 Å². The summed E-state index contributed by atoms with van der Waals surface area (Å²) in [5, 5.41) is 0. The smallest absolute Gasteiger partial charge is 0.149 e. The molecular weight excluding hydrogens is 715 g/mol. The molecule has 0 bridgehead atoms. The Kier molecular flexibility index (Phi) is 13.5. The average molecular weight is 776 g/mol. The third-order valence-corrected chi connectivity index (χ3v) is 10.6. The number of benzene rings is 5. The topological polar surface area (TPSA) is 104 Å². The lowest BCUT2D eigenvalue weighted by Gasteiger charge is -2.34. The van der Waals surface area contributed by atoms with E-state index in [1.54, 1.807) is 6.08 Å². The van der Waals surface area contributed by atoms with Gasteiger partial charge in [0.05, 0.1) is 0 Å². The first-order valence-electron chi connectivity index (χ1n) is 20.1. The minimum atomic E-state index is -0.458. The number of para-hydroxylation sites is 1. The fourth-order valence-electron chi connectivity index (χ4n) is 7.34. The zero-order valence-electron chi connectivity index (χ0n) is 35.1. The number of hydrazine groups is 2. The van der Waals surface area contributed by atoms with Crippen LogP contribution in [-0.4, -0.2) is 0 Å². The van der Waals surface area contributed by atoms with Crippen LogP contribution in [0.15, 0.2) is 164 Å². The monoisotopic (exact) mass is 775 g/mol. The standard InChI is InChI=1S/C50H61N7O/c1-9-16-43(17-10-2)57(45(51)36-26-30-41(31-27-36)50(6,7)8)44-23-15-20-39(33-44)48-55-54-47(58-48)38-19-14-18-37(32-38)46(53-52)56(42-21-12-11-13-22-42)34-35-24-28-40(29-25-35)49(3,4)5/h9-33,45-48,53-55H,1,34,51-52H2,2-8H3/b17-10-,43-16+. The van der Waals surface area contributed by atoms with Gasteiger partial charge in [-0.3, -0.25) is 5.84 Å². The summed E-state index contributed by atoms with van der Waals surface area (Å²) in [6, 6.07) is 44.5. The lowest BCUT2D eigenvalue weighted by Crippen LogP contribution is -2.41. The maximum absolute atomic E-state index is 7.11. The normalized spacial score (nSPS) is 17.3. The van der Waals surface area contributed by atoms with E-state index in [1.165, 1.54) is 16.7 Å². The summed E-state index contributed by atoms with van der Waals surface area (Å²) in [7, 11) is 0. The Morgan fingerprint density at radius 3 is 1.88 bits per heavy atom. The van der Waals surface area contributed by atoms with Crippen LogP contribution in [0, 0.1) is 0 Å². The third kappa shape index (κ3) is 10.0. The van der Waals surface area contributed by atoms with Gasteiger partial charge in [0.2, 0.25) is 0 Å². The summed E-state index contributed by atoms with van der Waals surface area (Å²) in [4.78, 5) is 4.43. The summed E-state index contributed by atoms with van der Waals surface area (Å²) in [6.45, 7) is 20.0. The van der Waals surface area contributed by atoms with Gasteiger partial charge in [0.25, 0.3) is 0 Å². The van der Waals surface area contributed by atoms with Crippen LogP contribution >= 0.6 is 0 Å². The zero-order valence-corrected chi connectivity index (χ0v) is 35.1. The molecule has 0 radical (unpaired) electrons. The lowest BCUT2D eigenvalue weighted by atomic mass is 9.86. The van der Waals surface area contributed by atoms with Crippen molar-refractivity contribution in [1.82, 2.24) is 16.3 Å². The maximum atomic E-state index is 7.11. The molecule has 1 heterocycles. The molecule has 0 spiro atoms. The summed E-state index contributed by atoms with van der Waals surface area (Å²) in [5.41, 5.74) is 27.7. The molecule has 6 rings (SSSR count). The summed E-state index contributed by atoms with van der Waals surface area (Å²) in [6.07, 6.45) is 6.22. The molecule has 302 valence electrons. The molecule has 7 N–H and O–H groups in total. The van der Waals surface area contributed by atoms with Crippen molar-refractivity contribution in [3.8, 4) is 0 Å². The van der Waals surface area contributed by atoms with Gasteiger partial charge in [0.15, 0.2) is 0 Å². The van der Waals surface area contributed by atoms with E-state index in [9.17, 15) is 0 Å². The second-order valence-electron chi connectivity index (χ2n) is 16.9. The van der Waals surface area contributed by atoms with Crippen molar-refractivity contribution in [2.24, 2.45) is 11.6 Å². The van der Waals surface area contributed by atoms with Crippen molar-refractivity contribution in [3.05, 3.63) is 203 Å². The number of nitrogens with zero attached hydrogens (tertiary/aromatic N) is 2. The van der Waals surface area contributed by atoms with Gasteiger partial charge < -0.3 is 20.3 Å². The predicted octanol–water partition coefficient (Wildman–Crippen LogP) is 10.4. The number of rotatable bonds is 14. The van der Waals surface area contributed by atoms with E-state index >= 15 is 0 Å². The quantitative estimate of drug-likeness (QED) is 0.0329. The van der Waals surface area contributed by atoms with Gasteiger partial charge in [0, 0.05) is 23.6 Å². The zero-order chi connectivity index (χ0) is 41.5. The van der Waals surface area contributed by atoms with Crippen molar-refractivity contribution >= 4 is 11.4 Å². The first-order valence-corrected chi connectivity index (χ1v) is 20.1. The van der Waals surface area contributed by atoms with Crippen molar-refractivity contribution in [1.29, 1.82) is 0 Å². The molecule has 58 heavy (non-hydrogen) atoms. The first-order chi connectivity index (χ1) is 27.8. The molecule has 0 saturated carbocycles. The number of hydrogen-bond acceptors (Lipinski definition) is 8. The van der Waals surface area contributed by atoms with Crippen molar-refractivity contribution in [2.45, 2.75) is 90.6 Å². The van der Waals surface area contributed by atoms with Gasteiger partial charge in [0.1, 0.15) is 24.8 Å². The molecule has 1 aliphatic heterocycles. The fourth-order valence-corrected chi connectivity index (χ4v) is 7.34. The number of allylic oxidation sites excluding steroid dienone is 4. The molecule has 1 aliphatic rings. The minimum Gasteiger partial charge on any atom is -0.347 e. The van der Waals surface area contributed by atoms with Gasteiger partial charge in [-0.15, -0.1) is 0 Å². The molecule has 5 aromatic carbocycles. The number of anilines is 2. The molecule has 1 saturated heterocycles. The van der Waals surface area contributed by atoms with Crippen LogP contribution in [0.5, 0.6) is 0 Å². The van der Waals surface area contributed by atoms with Crippen molar-refractivity contribution < 1.29 is 4.74 Å². The second kappa shape index (κ2) is 18.5. The molecule has 0 amide bonds. The van der Waals surface area contributed by atoms with E-state index < -0.39 is 18.6 Å². The van der Waals surface area contributed by atoms with Gasteiger partial charge >= 0.3 is 0 Å². The van der Waals surface area contributed by atoms with Crippen LogP contribution in [0.3, 0.4) is 0 Å². The summed E-state index contributed by atoms with van der Waals surface area (Å²) < 4.78 is 6.68. The number of nitrogens with two attached hydrogens (primary N) is 2. The molecule has 4 unspecified atom stereocenters. The largest absolute Gasteiger partial charge is 0.347 e. The Labute approximate surface area is 346 Å². The Balaban J connectivity index is 1.25. The number of ether oxygens (including phenoxy) is 1. The summed E-state index contributed by atoms with van der Waals surface area (Å²) in [5.74, 6) is 6.38. The number of hydrogen-bond donors (Lipinski definition) is 5. The highest BCUT2D eigenvalue weighted by molar-refractivity contribution is 5.59. The molecular formula is C50H61N7O. The Morgan fingerprint density at radius 1 is 0.741 bits per heavy atom. The van der Waals surface area contributed by atoms with Gasteiger partial charge in [-0.25, -0.2) is 16.3 Å². The van der Waals surface area contributed by atoms with E-state index in [4.69, 9.17) is 16.3 Å². The maximum Gasteiger partial charge on any atom is 0.149 e. The predicted molar refractivity (Wildman–Crippen MR) is 241 cm³/mol.